The number of nitrogen functional groups attached to an aromatic ring is 1. The fourth-order valence-corrected chi connectivity index (χ4v) is 2.71. The van der Waals surface area contributed by atoms with Gasteiger partial charge in [0.15, 0.2) is 0 Å². The number of carbonyl (C=O) groups is 1. The molecule has 1 amide bonds. The lowest BCUT2D eigenvalue weighted by atomic mass is 10.2. The fraction of sp³-hybridized carbons (Fsp3) is 0.200. The van der Waals surface area contributed by atoms with Crippen molar-refractivity contribution in [2.45, 2.75) is 18.2 Å². The van der Waals surface area contributed by atoms with Crippen LogP contribution in [-0.4, -0.2) is 16.6 Å². The van der Waals surface area contributed by atoms with Crippen molar-refractivity contribution < 1.29 is 4.79 Å². The van der Waals surface area contributed by atoms with Gasteiger partial charge >= 0.3 is 0 Å². The quantitative estimate of drug-likeness (QED) is 0.643. The van der Waals surface area contributed by atoms with Crippen molar-refractivity contribution in [3.8, 4) is 0 Å². The Morgan fingerprint density at radius 1 is 1.43 bits per heavy atom. The summed E-state index contributed by atoms with van der Waals surface area (Å²) in [6.45, 7) is 2.12. The van der Waals surface area contributed by atoms with Crippen LogP contribution in [0, 0.1) is 0 Å². The zero-order valence-electron chi connectivity index (χ0n) is 11.6. The van der Waals surface area contributed by atoms with Gasteiger partial charge in [-0.25, -0.2) is 0 Å². The number of rotatable bonds is 5. The Kier molecular flexibility index (Phi) is 5.47. The van der Waals surface area contributed by atoms with Crippen LogP contribution in [0.25, 0.3) is 0 Å². The van der Waals surface area contributed by atoms with Gasteiger partial charge in [-0.15, -0.1) is 11.8 Å². The van der Waals surface area contributed by atoms with E-state index in [-0.39, 0.29) is 5.91 Å². The van der Waals surface area contributed by atoms with Gasteiger partial charge in [-0.3, -0.25) is 9.78 Å². The van der Waals surface area contributed by atoms with E-state index in [4.69, 9.17) is 17.3 Å². The van der Waals surface area contributed by atoms with E-state index in [1.54, 1.807) is 23.9 Å². The third kappa shape index (κ3) is 4.12. The summed E-state index contributed by atoms with van der Waals surface area (Å²) in [5.74, 6) is 0.722. The van der Waals surface area contributed by atoms with Gasteiger partial charge in [0.2, 0.25) is 0 Å². The van der Waals surface area contributed by atoms with Crippen LogP contribution in [0.3, 0.4) is 0 Å². The summed E-state index contributed by atoms with van der Waals surface area (Å²) in [7, 11) is 0. The van der Waals surface area contributed by atoms with Crippen LogP contribution < -0.4 is 11.1 Å². The molecule has 0 radical (unpaired) electrons. The number of carbonyl (C=O) groups excluding carboxylic acids is 1. The fourth-order valence-electron chi connectivity index (χ4n) is 1.70. The van der Waals surface area contributed by atoms with E-state index in [1.165, 1.54) is 12.4 Å². The number of hydrogen-bond acceptors (Lipinski definition) is 4. The molecule has 1 aromatic heterocycles. The van der Waals surface area contributed by atoms with Crippen LogP contribution in [0.15, 0.2) is 41.6 Å². The van der Waals surface area contributed by atoms with E-state index in [0.29, 0.717) is 22.0 Å². The second-order valence-corrected chi connectivity index (χ2v) is 5.98. The van der Waals surface area contributed by atoms with Gasteiger partial charge in [0.25, 0.3) is 5.91 Å². The molecule has 0 saturated heterocycles. The summed E-state index contributed by atoms with van der Waals surface area (Å²) < 4.78 is 0. The van der Waals surface area contributed by atoms with Gasteiger partial charge in [-0.2, -0.15) is 0 Å². The summed E-state index contributed by atoms with van der Waals surface area (Å²) in [5, 5.41) is 3.10. The lowest BCUT2D eigenvalue weighted by Gasteiger charge is -2.10. The lowest BCUT2D eigenvalue weighted by molar-refractivity contribution is 0.102. The van der Waals surface area contributed by atoms with Gasteiger partial charge in [-0.1, -0.05) is 18.5 Å². The maximum Gasteiger partial charge on any atom is 0.257 e. The number of nitrogens with one attached hydrogen (secondary N) is 1. The second kappa shape index (κ2) is 7.33. The number of nitrogens with two attached hydrogens (primary N) is 1. The Morgan fingerprint density at radius 2 is 2.24 bits per heavy atom. The number of benzene rings is 1. The highest BCUT2D eigenvalue weighted by atomic mass is 35.5. The first-order chi connectivity index (χ1) is 10.1. The number of anilines is 2. The maximum atomic E-state index is 12.2. The zero-order chi connectivity index (χ0) is 15.2. The monoisotopic (exact) mass is 321 g/mol. The standard InChI is InChI=1S/C15H16ClN3OS/c1-2-7-21-10-3-4-13(17)14(8-10)19-15(20)11-5-6-18-9-12(11)16/h3-6,8-9H,2,7,17H2,1H3,(H,19,20). The number of thioether (sulfide) groups is 1. The average Bonchev–Trinajstić information content (AvgIpc) is 2.48. The molecule has 0 spiro atoms. The van der Waals surface area contributed by atoms with Crippen molar-refractivity contribution in [3.05, 3.63) is 47.2 Å². The smallest absolute Gasteiger partial charge is 0.257 e. The van der Waals surface area contributed by atoms with E-state index < -0.39 is 0 Å². The van der Waals surface area contributed by atoms with E-state index in [2.05, 4.69) is 17.2 Å². The van der Waals surface area contributed by atoms with Crippen LogP contribution in [0.4, 0.5) is 11.4 Å². The molecule has 21 heavy (non-hydrogen) atoms. The van der Waals surface area contributed by atoms with Gasteiger partial charge in [0.1, 0.15) is 0 Å². The second-order valence-electron chi connectivity index (χ2n) is 4.41. The molecule has 6 heteroatoms. The lowest BCUT2D eigenvalue weighted by Crippen LogP contribution is -2.14. The van der Waals surface area contributed by atoms with Gasteiger partial charge in [-0.05, 0) is 36.4 Å². The van der Waals surface area contributed by atoms with Crippen molar-refractivity contribution in [1.29, 1.82) is 0 Å². The zero-order valence-corrected chi connectivity index (χ0v) is 13.2. The maximum absolute atomic E-state index is 12.2. The average molecular weight is 322 g/mol. The Morgan fingerprint density at radius 3 is 2.95 bits per heavy atom. The van der Waals surface area contributed by atoms with Gasteiger partial charge in [0, 0.05) is 17.3 Å². The minimum atomic E-state index is -0.299. The van der Waals surface area contributed by atoms with Crippen LogP contribution in [-0.2, 0) is 0 Å². The molecule has 0 unspecified atom stereocenters. The topological polar surface area (TPSA) is 68.0 Å². The highest BCUT2D eigenvalue weighted by Gasteiger charge is 2.12. The van der Waals surface area contributed by atoms with Crippen LogP contribution in [0.5, 0.6) is 0 Å². The molecule has 1 aromatic carbocycles. The van der Waals surface area contributed by atoms with E-state index >= 15 is 0 Å². The predicted octanol–water partition coefficient (Wildman–Crippen LogP) is 4.07. The summed E-state index contributed by atoms with van der Waals surface area (Å²) in [6.07, 6.45) is 4.05. The van der Waals surface area contributed by atoms with E-state index in [9.17, 15) is 4.79 Å². The van der Waals surface area contributed by atoms with Crippen LogP contribution in [0.2, 0.25) is 5.02 Å². The highest BCUT2D eigenvalue weighted by Crippen LogP contribution is 2.28. The van der Waals surface area contributed by atoms with Crippen molar-refractivity contribution in [1.82, 2.24) is 4.98 Å². The number of hydrogen-bond donors (Lipinski definition) is 2. The van der Waals surface area contributed by atoms with Crippen molar-refractivity contribution in [3.63, 3.8) is 0 Å². The Bertz CT molecular complexity index is 649. The Hall–Kier alpha value is -1.72. The number of pyridine rings is 1. The first-order valence-corrected chi connectivity index (χ1v) is 7.91. The number of halogens is 1. The molecule has 4 nitrogen and oxygen atoms in total. The van der Waals surface area contributed by atoms with Crippen molar-refractivity contribution in [2.75, 3.05) is 16.8 Å². The molecular formula is C15H16ClN3OS. The van der Waals surface area contributed by atoms with Crippen molar-refractivity contribution in [2.24, 2.45) is 0 Å². The molecular weight excluding hydrogens is 306 g/mol. The third-order valence-corrected chi connectivity index (χ3v) is 4.26. The minimum absolute atomic E-state index is 0.299. The minimum Gasteiger partial charge on any atom is -0.397 e. The van der Waals surface area contributed by atoms with E-state index in [1.807, 2.05) is 12.1 Å². The highest BCUT2D eigenvalue weighted by molar-refractivity contribution is 7.99. The summed E-state index contributed by atoms with van der Waals surface area (Å²) in [6, 6.07) is 7.19. The molecule has 0 atom stereocenters. The Labute approximate surface area is 133 Å². The molecule has 0 saturated carbocycles. The molecule has 1 heterocycles. The first kappa shape index (κ1) is 15.7. The molecule has 0 fully saturated rings. The van der Waals surface area contributed by atoms with E-state index in [0.717, 1.165) is 17.1 Å². The molecule has 0 aliphatic rings. The predicted molar refractivity (Wildman–Crippen MR) is 89.1 cm³/mol. The van der Waals surface area contributed by atoms with Crippen LogP contribution >= 0.6 is 23.4 Å². The number of nitrogens with zero attached hydrogens (tertiary/aromatic N) is 1. The normalized spacial score (nSPS) is 10.4. The SMILES string of the molecule is CCCSc1ccc(N)c(NC(=O)c2ccncc2Cl)c1. The van der Waals surface area contributed by atoms with Gasteiger partial charge < -0.3 is 11.1 Å². The molecule has 2 aromatic rings. The molecule has 3 N–H and O–H groups in total. The Balaban J connectivity index is 2.19. The summed E-state index contributed by atoms with van der Waals surface area (Å²) >= 11 is 7.69. The molecule has 0 aliphatic carbocycles. The van der Waals surface area contributed by atoms with Crippen LogP contribution in [0.1, 0.15) is 23.7 Å². The van der Waals surface area contributed by atoms with Gasteiger partial charge in [0.05, 0.1) is 22.0 Å². The molecule has 110 valence electrons. The first-order valence-electron chi connectivity index (χ1n) is 6.55. The number of amides is 1. The largest absolute Gasteiger partial charge is 0.397 e. The number of aromatic nitrogens is 1. The summed E-state index contributed by atoms with van der Waals surface area (Å²) in [4.78, 5) is 17.2. The summed E-state index contributed by atoms with van der Waals surface area (Å²) in [5.41, 5.74) is 7.40. The third-order valence-electron chi connectivity index (χ3n) is 2.76. The molecule has 0 bridgehead atoms. The molecule has 2 rings (SSSR count). The van der Waals surface area contributed by atoms with Crippen molar-refractivity contribution >= 4 is 40.6 Å². The molecule has 0 aliphatic heterocycles.